The molecule has 0 bridgehead atoms. The van der Waals surface area contributed by atoms with Crippen LogP contribution in [0.4, 0.5) is 4.39 Å². The van der Waals surface area contributed by atoms with Gasteiger partial charge >= 0.3 is 5.97 Å². The number of rotatable bonds is 10. The van der Waals surface area contributed by atoms with Crippen molar-refractivity contribution < 1.29 is 42.9 Å². The molecule has 1 amide bonds. The lowest BCUT2D eigenvalue weighted by atomic mass is 9.44. The van der Waals surface area contributed by atoms with Crippen LogP contribution in [-0.2, 0) is 33.4 Å². The number of unbranched alkanes of at least 4 members (excludes halogenated alkanes) is 3. The molecule has 4 fully saturated rings. The Morgan fingerprint density at radius 1 is 1.14 bits per heavy atom. The van der Waals surface area contributed by atoms with Crippen molar-refractivity contribution in [3.8, 4) is 0 Å². The van der Waals surface area contributed by atoms with Gasteiger partial charge in [-0.15, -0.1) is 0 Å². The van der Waals surface area contributed by atoms with E-state index in [-0.39, 0.29) is 30.6 Å². The second-order valence-electron chi connectivity index (χ2n) is 14.0. The average Bonchev–Trinajstić information content (AvgIpc) is 3.35. The third kappa shape index (κ3) is 4.92. The monoisotopic (exact) mass is 603 g/mol. The fourth-order valence-electron chi connectivity index (χ4n) is 9.08. The molecule has 9 nitrogen and oxygen atoms in total. The second kappa shape index (κ2) is 11.2. The fraction of sp³-hybridized carbons (Fsp3) is 0.758. The van der Waals surface area contributed by atoms with Gasteiger partial charge in [0.15, 0.2) is 29.4 Å². The van der Waals surface area contributed by atoms with Gasteiger partial charge in [0.25, 0.3) is 0 Å². The van der Waals surface area contributed by atoms with Gasteiger partial charge in [-0.05, 0) is 70.9 Å². The van der Waals surface area contributed by atoms with Crippen molar-refractivity contribution in [3.63, 3.8) is 0 Å². The van der Waals surface area contributed by atoms with E-state index < -0.39 is 64.4 Å². The van der Waals surface area contributed by atoms with Crippen molar-refractivity contribution in [2.45, 2.75) is 122 Å². The van der Waals surface area contributed by atoms with E-state index in [4.69, 9.17) is 14.2 Å². The van der Waals surface area contributed by atoms with E-state index in [0.29, 0.717) is 31.3 Å². The Kier molecular flexibility index (Phi) is 8.31. The van der Waals surface area contributed by atoms with Crippen molar-refractivity contribution in [3.05, 3.63) is 23.8 Å². The number of aliphatic hydroxyl groups is 1. The number of hydrogen-bond donors (Lipinski definition) is 2. The molecule has 0 aromatic carbocycles. The van der Waals surface area contributed by atoms with Crippen molar-refractivity contribution in [2.75, 3.05) is 13.2 Å². The van der Waals surface area contributed by atoms with Crippen LogP contribution in [0.1, 0.15) is 92.4 Å². The highest BCUT2D eigenvalue weighted by Gasteiger charge is 2.80. The van der Waals surface area contributed by atoms with Crippen LogP contribution in [-0.4, -0.2) is 71.0 Å². The lowest BCUT2D eigenvalue weighted by Crippen LogP contribution is -2.70. The molecule has 8 atom stereocenters. The zero-order chi connectivity index (χ0) is 31.4. The topological polar surface area (TPSA) is 128 Å². The minimum atomic E-state index is -2.06. The number of halogens is 1. The highest BCUT2D eigenvalue weighted by atomic mass is 19.1. The standard InChI is InChI=1S/C33H46FNO8/c1-6-7-8-9-10-27(39)35-18-28(40)41-19-25(38)33-26(42-29(2,3)43-33)16-23-22-12-11-20-15-21(36)13-14-30(20,4)32(22,34)24(37)17-31(23,33)5/h13-15,22-24,26,37H,6-12,16-19H2,1-5H3,(H,35,39)/t22-,23-,24-,26+,30-,31-,32-,33+/m0/s1. The molecular formula is C33H46FNO8. The quantitative estimate of drug-likeness (QED) is 0.283. The number of aliphatic hydroxyl groups excluding tert-OH is 1. The molecule has 43 heavy (non-hydrogen) atoms. The van der Waals surface area contributed by atoms with Crippen LogP contribution in [0, 0.1) is 22.7 Å². The molecule has 5 rings (SSSR count). The van der Waals surface area contributed by atoms with Gasteiger partial charge in [0.2, 0.25) is 11.7 Å². The van der Waals surface area contributed by atoms with Crippen LogP contribution in [0.3, 0.4) is 0 Å². The maximum atomic E-state index is 17.5. The summed E-state index contributed by atoms with van der Waals surface area (Å²) >= 11 is 0. The summed E-state index contributed by atoms with van der Waals surface area (Å²) in [5.74, 6) is -3.81. The molecule has 238 valence electrons. The van der Waals surface area contributed by atoms with Crippen LogP contribution >= 0.6 is 0 Å². The lowest BCUT2D eigenvalue weighted by molar-refractivity contribution is -0.246. The van der Waals surface area contributed by atoms with Crippen molar-refractivity contribution in [1.82, 2.24) is 5.32 Å². The fourth-order valence-corrected chi connectivity index (χ4v) is 9.08. The summed E-state index contributed by atoms with van der Waals surface area (Å²) in [6, 6.07) is 0. The first-order chi connectivity index (χ1) is 20.1. The molecule has 10 heteroatoms. The number of ether oxygens (including phenoxy) is 3. The van der Waals surface area contributed by atoms with E-state index in [9.17, 15) is 24.3 Å². The summed E-state index contributed by atoms with van der Waals surface area (Å²) in [7, 11) is 0. The van der Waals surface area contributed by atoms with Crippen LogP contribution < -0.4 is 5.32 Å². The zero-order valence-electron chi connectivity index (χ0n) is 26.0. The Morgan fingerprint density at radius 2 is 1.88 bits per heavy atom. The highest BCUT2D eigenvalue weighted by molar-refractivity contribution is 6.01. The summed E-state index contributed by atoms with van der Waals surface area (Å²) in [4.78, 5) is 50.8. The molecule has 1 saturated heterocycles. The van der Waals surface area contributed by atoms with E-state index in [2.05, 4.69) is 12.2 Å². The SMILES string of the molecule is CCCCCCC(=O)NCC(=O)OCC(=O)[C@@]12OC(C)(C)O[C@@H]1C[C@H]1[C@@H]3CCC4=CC(=O)C=C[C@]4(C)[C@@]3(F)[C@@H](O)C[C@@]12C. The van der Waals surface area contributed by atoms with Gasteiger partial charge in [0, 0.05) is 23.2 Å². The minimum Gasteiger partial charge on any atom is -0.456 e. The summed E-state index contributed by atoms with van der Waals surface area (Å²) in [5.41, 5.74) is -5.12. The number of amides is 1. The number of ketones is 2. The van der Waals surface area contributed by atoms with Gasteiger partial charge in [0.05, 0.1) is 12.2 Å². The summed E-state index contributed by atoms with van der Waals surface area (Å²) in [6.45, 7) is 8.16. The van der Waals surface area contributed by atoms with Gasteiger partial charge in [-0.3, -0.25) is 19.2 Å². The molecule has 5 aliphatic rings. The van der Waals surface area contributed by atoms with Crippen molar-refractivity contribution >= 4 is 23.4 Å². The number of Topliss-reactive ketones (excluding diaryl/α,β-unsaturated/α-hetero) is 1. The van der Waals surface area contributed by atoms with E-state index in [1.807, 2.05) is 6.92 Å². The van der Waals surface area contributed by atoms with Crippen LogP contribution in [0.2, 0.25) is 0 Å². The molecule has 3 saturated carbocycles. The van der Waals surface area contributed by atoms with Crippen LogP contribution in [0.25, 0.3) is 0 Å². The maximum Gasteiger partial charge on any atom is 0.325 e. The zero-order valence-corrected chi connectivity index (χ0v) is 26.0. The number of fused-ring (bicyclic) bond motifs is 7. The van der Waals surface area contributed by atoms with Crippen LogP contribution in [0.15, 0.2) is 23.8 Å². The third-order valence-electron chi connectivity index (χ3n) is 11.1. The summed E-state index contributed by atoms with van der Waals surface area (Å²) in [6.07, 6.45) is 7.57. The van der Waals surface area contributed by atoms with E-state index in [1.165, 1.54) is 12.2 Å². The molecule has 0 aromatic rings. The largest absolute Gasteiger partial charge is 0.456 e. The van der Waals surface area contributed by atoms with Gasteiger partial charge < -0.3 is 24.6 Å². The first kappa shape index (κ1) is 32.0. The number of carbonyl (C=O) groups is 4. The molecule has 0 aromatic heterocycles. The Morgan fingerprint density at radius 3 is 2.60 bits per heavy atom. The van der Waals surface area contributed by atoms with Gasteiger partial charge in [-0.2, -0.15) is 0 Å². The van der Waals surface area contributed by atoms with E-state index in [1.54, 1.807) is 26.8 Å². The van der Waals surface area contributed by atoms with E-state index in [0.717, 1.165) is 25.7 Å². The number of hydrogen-bond acceptors (Lipinski definition) is 8. The molecule has 4 aliphatic carbocycles. The Labute approximate surface area is 253 Å². The summed E-state index contributed by atoms with van der Waals surface area (Å²) in [5, 5.41) is 14.2. The van der Waals surface area contributed by atoms with Crippen molar-refractivity contribution in [2.24, 2.45) is 22.7 Å². The average molecular weight is 604 g/mol. The molecule has 1 heterocycles. The molecule has 0 radical (unpaired) electrons. The normalized spacial score (nSPS) is 40.5. The highest BCUT2D eigenvalue weighted by Crippen LogP contribution is 2.72. The number of nitrogens with one attached hydrogen (secondary N) is 1. The van der Waals surface area contributed by atoms with Gasteiger partial charge in [0.1, 0.15) is 6.54 Å². The Hall–Kier alpha value is -2.43. The lowest BCUT2D eigenvalue weighted by Gasteiger charge is -2.62. The number of alkyl halides is 1. The number of carbonyl (C=O) groups excluding carboxylic acids is 4. The third-order valence-corrected chi connectivity index (χ3v) is 11.1. The molecule has 0 unspecified atom stereocenters. The second-order valence-corrected chi connectivity index (χ2v) is 14.0. The maximum absolute atomic E-state index is 17.5. The Balaban J connectivity index is 1.34. The first-order valence-corrected chi connectivity index (χ1v) is 15.8. The molecule has 0 spiro atoms. The number of allylic oxidation sites excluding steroid dienone is 4. The minimum absolute atomic E-state index is 0.0704. The predicted octanol–water partition coefficient (Wildman–Crippen LogP) is 4.06. The summed E-state index contributed by atoms with van der Waals surface area (Å²) < 4.78 is 35.6. The first-order valence-electron chi connectivity index (χ1n) is 15.8. The Bertz CT molecular complexity index is 1250. The number of esters is 1. The molecule has 1 aliphatic heterocycles. The smallest absolute Gasteiger partial charge is 0.325 e. The van der Waals surface area contributed by atoms with Gasteiger partial charge in [-0.1, -0.05) is 44.8 Å². The van der Waals surface area contributed by atoms with Crippen LogP contribution in [0.5, 0.6) is 0 Å². The molecule has 2 N–H and O–H groups in total. The molecular weight excluding hydrogens is 557 g/mol. The predicted molar refractivity (Wildman–Crippen MR) is 154 cm³/mol. The van der Waals surface area contributed by atoms with E-state index >= 15 is 4.39 Å². The van der Waals surface area contributed by atoms with Crippen molar-refractivity contribution in [1.29, 1.82) is 0 Å². The van der Waals surface area contributed by atoms with Gasteiger partial charge in [-0.25, -0.2) is 4.39 Å².